The number of anilines is 1. The monoisotopic (exact) mass is 387 g/mol. The Morgan fingerprint density at radius 3 is 2.39 bits per heavy atom. The first-order chi connectivity index (χ1) is 13.5. The van der Waals surface area contributed by atoms with E-state index >= 15 is 0 Å². The predicted octanol–water partition coefficient (Wildman–Crippen LogP) is 5.22. The molecule has 0 saturated heterocycles. The van der Waals surface area contributed by atoms with Crippen molar-refractivity contribution in [3.05, 3.63) is 54.2 Å². The topological polar surface area (TPSA) is 63.6 Å². The lowest BCUT2D eigenvalue weighted by atomic mass is 10.1. The van der Waals surface area contributed by atoms with Crippen LogP contribution in [0, 0.1) is 0 Å². The molecule has 146 valence electrons. The van der Waals surface area contributed by atoms with E-state index in [4.69, 9.17) is 0 Å². The van der Waals surface area contributed by atoms with Gasteiger partial charge >= 0.3 is 6.18 Å². The van der Waals surface area contributed by atoms with Crippen LogP contribution in [0.25, 0.3) is 22.8 Å². The van der Waals surface area contributed by atoms with Crippen LogP contribution in [0.2, 0.25) is 0 Å². The van der Waals surface area contributed by atoms with Gasteiger partial charge in [0.25, 0.3) is 0 Å². The van der Waals surface area contributed by atoms with Crippen molar-refractivity contribution >= 4 is 5.82 Å². The van der Waals surface area contributed by atoms with Crippen molar-refractivity contribution in [3.8, 4) is 22.8 Å². The maximum atomic E-state index is 12.8. The highest BCUT2D eigenvalue weighted by molar-refractivity contribution is 5.72. The number of aromatic nitrogens is 4. The van der Waals surface area contributed by atoms with Crippen LogP contribution in [0.3, 0.4) is 0 Å². The molecule has 0 fully saturated rings. The molecule has 2 heterocycles. The largest absolute Gasteiger partial charge is 0.416 e. The Kier molecular flexibility index (Phi) is 6.18. The van der Waals surface area contributed by atoms with Crippen LogP contribution in [-0.2, 0) is 6.18 Å². The number of benzene rings is 1. The zero-order valence-electron chi connectivity index (χ0n) is 15.4. The molecule has 0 bridgehead atoms. The van der Waals surface area contributed by atoms with Gasteiger partial charge in [-0.25, -0.2) is 4.98 Å². The third-order valence-electron chi connectivity index (χ3n) is 4.14. The van der Waals surface area contributed by atoms with E-state index in [1.54, 1.807) is 18.3 Å². The van der Waals surface area contributed by atoms with E-state index in [-0.39, 0.29) is 0 Å². The lowest BCUT2D eigenvalue weighted by Crippen LogP contribution is -2.09. The highest BCUT2D eigenvalue weighted by Gasteiger charge is 2.30. The summed E-state index contributed by atoms with van der Waals surface area (Å²) in [6.07, 6.45) is 0.345. The van der Waals surface area contributed by atoms with Crippen molar-refractivity contribution < 1.29 is 13.2 Å². The molecule has 0 spiro atoms. The minimum Gasteiger partial charge on any atom is -0.368 e. The van der Waals surface area contributed by atoms with Crippen LogP contribution in [0.4, 0.5) is 19.0 Å². The number of pyridine rings is 1. The summed E-state index contributed by atoms with van der Waals surface area (Å²) in [5.41, 5.74) is 0.786. The van der Waals surface area contributed by atoms with Crippen molar-refractivity contribution in [2.75, 3.05) is 11.9 Å². The average molecular weight is 387 g/mol. The number of unbranched alkanes of at least 4 members (excludes halogenated alkanes) is 2. The molecular formula is C20H20F3N5. The fourth-order valence-corrected chi connectivity index (χ4v) is 2.65. The van der Waals surface area contributed by atoms with Crippen molar-refractivity contribution in [2.24, 2.45) is 0 Å². The first kappa shape index (κ1) is 19.7. The van der Waals surface area contributed by atoms with E-state index in [0.29, 0.717) is 35.1 Å². The van der Waals surface area contributed by atoms with E-state index < -0.39 is 11.7 Å². The summed E-state index contributed by atoms with van der Waals surface area (Å²) in [5.74, 6) is 0.834. The molecule has 0 amide bonds. The Morgan fingerprint density at radius 1 is 0.964 bits per heavy atom. The first-order valence-corrected chi connectivity index (χ1v) is 9.06. The normalized spacial score (nSPS) is 11.4. The smallest absolute Gasteiger partial charge is 0.368 e. The van der Waals surface area contributed by atoms with E-state index in [0.717, 1.165) is 31.4 Å². The standard InChI is InChI=1S/C20H20F3N5/c1-2-3-5-13-25-19-17(14-8-10-15(11-9-14)20(21,22)23)27-28-18(26-19)16-7-4-6-12-24-16/h4,6-12H,2-3,5,13H2,1H3,(H,25,26,28). The van der Waals surface area contributed by atoms with Gasteiger partial charge < -0.3 is 5.32 Å². The van der Waals surface area contributed by atoms with Crippen LogP contribution in [-0.4, -0.2) is 26.7 Å². The molecule has 0 aliphatic heterocycles. The lowest BCUT2D eigenvalue weighted by Gasteiger charge is -2.12. The Morgan fingerprint density at radius 2 is 1.75 bits per heavy atom. The van der Waals surface area contributed by atoms with Crippen molar-refractivity contribution in [1.29, 1.82) is 0 Å². The fourth-order valence-electron chi connectivity index (χ4n) is 2.65. The SMILES string of the molecule is CCCCCNc1nc(-c2ccccn2)nnc1-c1ccc(C(F)(F)F)cc1. The highest BCUT2D eigenvalue weighted by Crippen LogP contribution is 2.32. The van der Waals surface area contributed by atoms with Gasteiger partial charge in [-0.3, -0.25) is 4.98 Å². The number of halogens is 3. The second-order valence-corrected chi connectivity index (χ2v) is 6.26. The summed E-state index contributed by atoms with van der Waals surface area (Å²) in [6.45, 7) is 2.79. The molecule has 0 aliphatic rings. The third kappa shape index (κ3) is 4.82. The number of rotatable bonds is 7. The van der Waals surface area contributed by atoms with E-state index in [1.165, 1.54) is 12.1 Å². The van der Waals surface area contributed by atoms with Gasteiger partial charge in [-0.1, -0.05) is 38.0 Å². The van der Waals surface area contributed by atoms with Gasteiger partial charge in [0.2, 0.25) is 5.82 Å². The van der Waals surface area contributed by atoms with E-state index in [2.05, 4.69) is 32.4 Å². The molecule has 1 aromatic carbocycles. The lowest BCUT2D eigenvalue weighted by molar-refractivity contribution is -0.137. The maximum absolute atomic E-state index is 12.8. The Bertz CT molecular complexity index is 896. The molecule has 3 rings (SSSR count). The van der Waals surface area contributed by atoms with Gasteiger partial charge in [-0.15, -0.1) is 10.2 Å². The fraction of sp³-hybridized carbons (Fsp3) is 0.300. The first-order valence-electron chi connectivity index (χ1n) is 9.06. The van der Waals surface area contributed by atoms with Crippen molar-refractivity contribution in [1.82, 2.24) is 20.2 Å². The Balaban J connectivity index is 1.94. The molecule has 0 saturated carbocycles. The van der Waals surface area contributed by atoms with Crippen LogP contribution in [0.1, 0.15) is 31.7 Å². The molecule has 1 N–H and O–H groups in total. The van der Waals surface area contributed by atoms with Crippen LogP contribution in [0.5, 0.6) is 0 Å². The zero-order valence-corrected chi connectivity index (χ0v) is 15.4. The molecule has 0 aliphatic carbocycles. The third-order valence-corrected chi connectivity index (χ3v) is 4.14. The van der Waals surface area contributed by atoms with Crippen LogP contribution >= 0.6 is 0 Å². The zero-order chi connectivity index (χ0) is 20.0. The minimum absolute atomic E-state index is 0.356. The molecule has 5 nitrogen and oxygen atoms in total. The van der Waals surface area contributed by atoms with Gasteiger partial charge in [-0.2, -0.15) is 13.2 Å². The summed E-state index contributed by atoms with van der Waals surface area (Å²) < 4.78 is 38.5. The minimum atomic E-state index is -4.38. The quantitative estimate of drug-likeness (QED) is 0.563. The molecular weight excluding hydrogens is 367 g/mol. The summed E-state index contributed by atoms with van der Waals surface area (Å²) in [7, 11) is 0. The van der Waals surface area contributed by atoms with Crippen LogP contribution < -0.4 is 5.32 Å². The number of hydrogen-bond donors (Lipinski definition) is 1. The predicted molar refractivity (Wildman–Crippen MR) is 102 cm³/mol. The summed E-state index contributed by atoms with van der Waals surface area (Å²) >= 11 is 0. The summed E-state index contributed by atoms with van der Waals surface area (Å²) in [6, 6.07) is 10.2. The highest BCUT2D eigenvalue weighted by atomic mass is 19.4. The van der Waals surface area contributed by atoms with Gasteiger partial charge in [0, 0.05) is 18.3 Å². The summed E-state index contributed by atoms with van der Waals surface area (Å²) in [4.78, 5) is 8.74. The Hall–Kier alpha value is -3.03. The van der Waals surface area contributed by atoms with E-state index in [9.17, 15) is 13.2 Å². The number of hydrogen-bond acceptors (Lipinski definition) is 5. The second kappa shape index (κ2) is 8.77. The molecule has 2 aromatic heterocycles. The number of alkyl halides is 3. The molecule has 0 unspecified atom stereocenters. The van der Waals surface area contributed by atoms with Crippen molar-refractivity contribution in [3.63, 3.8) is 0 Å². The van der Waals surface area contributed by atoms with Gasteiger partial charge in [-0.05, 0) is 30.7 Å². The number of nitrogens with one attached hydrogen (secondary N) is 1. The van der Waals surface area contributed by atoms with Crippen molar-refractivity contribution in [2.45, 2.75) is 32.4 Å². The Labute approximate surface area is 161 Å². The molecule has 0 radical (unpaired) electrons. The average Bonchev–Trinajstić information content (AvgIpc) is 2.71. The maximum Gasteiger partial charge on any atom is 0.416 e. The molecule has 3 aromatic rings. The van der Waals surface area contributed by atoms with Gasteiger partial charge in [0.15, 0.2) is 5.82 Å². The van der Waals surface area contributed by atoms with Gasteiger partial charge in [0.05, 0.1) is 5.56 Å². The molecule has 0 atom stereocenters. The molecule has 28 heavy (non-hydrogen) atoms. The summed E-state index contributed by atoms with van der Waals surface area (Å²) in [5, 5.41) is 11.6. The number of nitrogens with zero attached hydrogens (tertiary/aromatic N) is 4. The van der Waals surface area contributed by atoms with E-state index in [1.807, 2.05) is 6.07 Å². The second-order valence-electron chi connectivity index (χ2n) is 6.26. The van der Waals surface area contributed by atoms with Crippen LogP contribution in [0.15, 0.2) is 48.7 Å². The molecule has 8 heteroatoms. The van der Waals surface area contributed by atoms with Gasteiger partial charge in [0.1, 0.15) is 11.4 Å².